The second-order valence-corrected chi connectivity index (χ2v) is 6.84. The summed E-state index contributed by atoms with van der Waals surface area (Å²) in [7, 11) is 0. The van der Waals surface area contributed by atoms with Gasteiger partial charge in [-0.15, -0.1) is 11.3 Å². The molecule has 2 saturated heterocycles. The third-order valence-corrected chi connectivity index (χ3v) is 5.11. The lowest BCUT2D eigenvalue weighted by atomic mass is 10.1. The minimum atomic E-state index is 0.246. The van der Waals surface area contributed by atoms with Gasteiger partial charge < -0.3 is 4.74 Å². The van der Waals surface area contributed by atoms with Crippen LogP contribution < -0.4 is 4.74 Å². The Bertz CT molecular complexity index is 593. The third kappa shape index (κ3) is 3.11. The van der Waals surface area contributed by atoms with Crippen molar-refractivity contribution in [2.45, 2.75) is 25.1 Å². The SMILES string of the molecule is c1ncc(OC2CC3CN(Cc4nccs4)CCN3C2)cn1. The summed E-state index contributed by atoms with van der Waals surface area (Å²) >= 11 is 1.74. The van der Waals surface area contributed by atoms with E-state index in [0.717, 1.165) is 44.9 Å². The van der Waals surface area contributed by atoms with Gasteiger partial charge in [0.05, 0.1) is 18.9 Å². The van der Waals surface area contributed by atoms with Crippen LogP contribution in [0.1, 0.15) is 11.4 Å². The van der Waals surface area contributed by atoms with E-state index in [-0.39, 0.29) is 6.10 Å². The van der Waals surface area contributed by atoms with E-state index in [1.165, 1.54) is 11.3 Å². The number of hydrogen-bond acceptors (Lipinski definition) is 7. The van der Waals surface area contributed by atoms with Gasteiger partial charge in [-0.1, -0.05) is 0 Å². The highest BCUT2D eigenvalue weighted by molar-refractivity contribution is 7.09. The number of hydrogen-bond donors (Lipinski definition) is 0. The third-order valence-electron chi connectivity index (χ3n) is 4.34. The van der Waals surface area contributed by atoms with E-state index in [0.29, 0.717) is 6.04 Å². The van der Waals surface area contributed by atoms with Crippen LogP contribution in [0.2, 0.25) is 0 Å². The van der Waals surface area contributed by atoms with Gasteiger partial charge in [-0.25, -0.2) is 15.0 Å². The van der Waals surface area contributed by atoms with Gasteiger partial charge in [-0.3, -0.25) is 9.80 Å². The van der Waals surface area contributed by atoms with Crippen LogP contribution in [0.25, 0.3) is 0 Å². The van der Waals surface area contributed by atoms with Gasteiger partial charge >= 0.3 is 0 Å². The van der Waals surface area contributed by atoms with Crippen LogP contribution in [0, 0.1) is 0 Å². The number of thiazole rings is 1. The normalized spacial score (nSPS) is 26.0. The van der Waals surface area contributed by atoms with Crippen LogP contribution in [0.3, 0.4) is 0 Å². The summed E-state index contributed by atoms with van der Waals surface area (Å²) in [5.74, 6) is 0.770. The Morgan fingerprint density at radius 1 is 1.23 bits per heavy atom. The highest BCUT2D eigenvalue weighted by Crippen LogP contribution is 2.26. The summed E-state index contributed by atoms with van der Waals surface area (Å²) in [5, 5.41) is 3.26. The molecule has 0 aliphatic carbocycles. The minimum Gasteiger partial charge on any atom is -0.486 e. The van der Waals surface area contributed by atoms with Gasteiger partial charge in [0, 0.05) is 50.2 Å². The molecule has 116 valence electrons. The molecule has 2 aromatic heterocycles. The van der Waals surface area contributed by atoms with Gasteiger partial charge in [-0.05, 0) is 0 Å². The van der Waals surface area contributed by atoms with Gasteiger partial charge in [0.15, 0.2) is 5.75 Å². The first-order valence-electron chi connectivity index (χ1n) is 7.63. The molecule has 4 heterocycles. The van der Waals surface area contributed by atoms with Crippen molar-refractivity contribution in [3.63, 3.8) is 0 Å². The van der Waals surface area contributed by atoms with E-state index >= 15 is 0 Å². The van der Waals surface area contributed by atoms with E-state index in [1.54, 1.807) is 23.7 Å². The fourth-order valence-electron chi connectivity index (χ4n) is 3.35. The Morgan fingerprint density at radius 2 is 2.14 bits per heavy atom. The maximum absolute atomic E-state index is 6.01. The zero-order valence-electron chi connectivity index (χ0n) is 12.3. The van der Waals surface area contributed by atoms with Gasteiger partial charge in [-0.2, -0.15) is 0 Å². The lowest BCUT2D eigenvalue weighted by Crippen LogP contribution is -2.49. The van der Waals surface area contributed by atoms with Crippen molar-refractivity contribution >= 4 is 11.3 Å². The van der Waals surface area contributed by atoms with Crippen molar-refractivity contribution in [1.29, 1.82) is 0 Å². The maximum atomic E-state index is 6.01. The largest absolute Gasteiger partial charge is 0.486 e. The van der Waals surface area contributed by atoms with Crippen molar-refractivity contribution in [1.82, 2.24) is 24.8 Å². The number of piperazine rings is 1. The molecule has 0 saturated carbocycles. The number of nitrogens with zero attached hydrogens (tertiary/aromatic N) is 5. The molecule has 2 fully saturated rings. The van der Waals surface area contributed by atoms with Crippen molar-refractivity contribution in [2.75, 3.05) is 26.2 Å². The van der Waals surface area contributed by atoms with Crippen molar-refractivity contribution in [3.8, 4) is 5.75 Å². The molecule has 0 amide bonds. The van der Waals surface area contributed by atoms with Crippen LogP contribution in [-0.4, -0.2) is 63.1 Å². The van der Waals surface area contributed by atoms with E-state index in [2.05, 4.69) is 24.8 Å². The molecule has 22 heavy (non-hydrogen) atoms. The predicted molar refractivity (Wildman–Crippen MR) is 83.8 cm³/mol. The smallest absolute Gasteiger partial charge is 0.156 e. The predicted octanol–water partition coefficient (Wildman–Crippen LogP) is 1.27. The fraction of sp³-hybridized carbons (Fsp3) is 0.533. The lowest BCUT2D eigenvalue weighted by Gasteiger charge is -2.36. The first-order chi connectivity index (χ1) is 10.9. The maximum Gasteiger partial charge on any atom is 0.156 e. The fourth-order valence-corrected chi connectivity index (χ4v) is 4.01. The Labute approximate surface area is 133 Å². The Balaban J connectivity index is 1.33. The number of fused-ring (bicyclic) bond motifs is 1. The molecule has 2 aromatic rings. The van der Waals surface area contributed by atoms with Crippen LogP contribution in [0.5, 0.6) is 5.75 Å². The standard InChI is InChI=1S/C15H19N5OS/c1-4-22-15(18-1)10-19-2-3-20-9-13(5-12(20)8-19)21-14-6-16-11-17-7-14/h1,4,6-7,11-13H,2-3,5,8-10H2. The first-order valence-corrected chi connectivity index (χ1v) is 8.51. The number of aromatic nitrogens is 3. The number of ether oxygens (including phenoxy) is 1. The van der Waals surface area contributed by atoms with Crippen molar-refractivity contribution < 1.29 is 4.74 Å². The van der Waals surface area contributed by atoms with Gasteiger partial charge in [0.1, 0.15) is 17.4 Å². The molecule has 4 rings (SSSR count). The molecular weight excluding hydrogens is 298 g/mol. The van der Waals surface area contributed by atoms with E-state index in [4.69, 9.17) is 4.74 Å². The zero-order chi connectivity index (χ0) is 14.8. The Hall–Kier alpha value is -1.57. The Morgan fingerprint density at radius 3 is 2.95 bits per heavy atom. The molecule has 0 radical (unpaired) electrons. The van der Waals surface area contributed by atoms with Gasteiger partial charge in [0.2, 0.25) is 0 Å². The molecule has 0 N–H and O–H groups in total. The lowest BCUT2D eigenvalue weighted by molar-refractivity contribution is 0.0977. The first kappa shape index (κ1) is 14.0. The number of rotatable bonds is 4. The van der Waals surface area contributed by atoms with Crippen LogP contribution in [0.15, 0.2) is 30.3 Å². The molecule has 0 spiro atoms. The molecule has 0 bridgehead atoms. The molecule has 2 unspecified atom stereocenters. The van der Waals surface area contributed by atoms with Gasteiger partial charge in [0.25, 0.3) is 0 Å². The summed E-state index contributed by atoms with van der Waals surface area (Å²) in [6, 6.07) is 0.586. The van der Waals surface area contributed by atoms with Crippen LogP contribution >= 0.6 is 11.3 Å². The summed E-state index contributed by atoms with van der Waals surface area (Å²) in [5.41, 5.74) is 0. The highest BCUT2D eigenvalue weighted by Gasteiger charge is 2.37. The van der Waals surface area contributed by atoms with E-state index in [1.807, 2.05) is 11.6 Å². The molecule has 6 nitrogen and oxygen atoms in total. The Kier molecular flexibility index (Phi) is 4.01. The molecule has 0 aromatic carbocycles. The van der Waals surface area contributed by atoms with Crippen LogP contribution in [-0.2, 0) is 6.54 Å². The summed E-state index contributed by atoms with van der Waals surface area (Å²) in [6.07, 6.45) is 8.20. The van der Waals surface area contributed by atoms with E-state index in [9.17, 15) is 0 Å². The molecule has 2 aliphatic rings. The monoisotopic (exact) mass is 317 g/mol. The zero-order valence-corrected chi connectivity index (χ0v) is 13.2. The van der Waals surface area contributed by atoms with E-state index < -0.39 is 0 Å². The minimum absolute atomic E-state index is 0.246. The molecule has 2 atom stereocenters. The second kappa shape index (κ2) is 6.28. The highest BCUT2D eigenvalue weighted by atomic mass is 32.1. The second-order valence-electron chi connectivity index (χ2n) is 5.86. The molecule has 2 aliphatic heterocycles. The summed E-state index contributed by atoms with van der Waals surface area (Å²) in [4.78, 5) is 17.5. The summed E-state index contributed by atoms with van der Waals surface area (Å²) < 4.78 is 6.01. The average Bonchev–Trinajstić information content (AvgIpc) is 3.17. The van der Waals surface area contributed by atoms with Crippen molar-refractivity contribution in [2.24, 2.45) is 0 Å². The molecular formula is C15H19N5OS. The average molecular weight is 317 g/mol. The molecule has 7 heteroatoms. The quantitative estimate of drug-likeness (QED) is 0.846. The van der Waals surface area contributed by atoms with Crippen LogP contribution in [0.4, 0.5) is 0 Å². The topological polar surface area (TPSA) is 54.4 Å². The van der Waals surface area contributed by atoms with Crippen molar-refractivity contribution in [3.05, 3.63) is 35.3 Å². The summed E-state index contributed by atoms with van der Waals surface area (Å²) in [6.45, 7) is 5.30.